The number of carbonyl (C=O) groups excluding carboxylic acids is 2. The van der Waals surface area contributed by atoms with Gasteiger partial charge in [0, 0.05) is 39.6 Å². The van der Waals surface area contributed by atoms with E-state index < -0.39 is 6.61 Å². The number of halogens is 2. The minimum Gasteiger partial charge on any atom is -0.435 e. The molecule has 0 saturated carbocycles. The molecule has 1 aliphatic rings. The number of piperidine rings is 1. The number of likely N-dealkylation sites (tertiary alicyclic amines) is 1. The molecule has 2 rings (SSSR count). The molecular formula is C17H23F2N3O3. The maximum Gasteiger partial charge on any atom is 0.387 e. The molecule has 1 N–H and O–H groups in total. The standard InChI is InChI=1S/C17H23F2N3O3/c1-21(2)17(24)22-9-7-13(8-10-22)15(23)20-11-12-3-5-14(6-4-12)25-16(18)19/h3-6,13,16H,7-11H2,1-2H3,(H,20,23). The SMILES string of the molecule is CN(C)C(=O)N1CCC(C(=O)NCc2ccc(OC(F)F)cc2)CC1. The molecule has 0 bridgehead atoms. The van der Waals surface area contributed by atoms with Gasteiger partial charge in [0.1, 0.15) is 5.75 Å². The summed E-state index contributed by atoms with van der Waals surface area (Å²) in [6.45, 7) is -1.40. The molecule has 0 radical (unpaired) electrons. The van der Waals surface area contributed by atoms with Gasteiger partial charge in [0.25, 0.3) is 0 Å². The van der Waals surface area contributed by atoms with Crippen LogP contribution in [0.15, 0.2) is 24.3 Å². The second-order valence-corrected chi connectivity index (χ2v) is 6.18. The summed E-state index contributed by atoms with van der Waals surface area (Å²) in [4.78, 5) is 27.4. The highest BCUT2D eigenvalue weighted by molar-refractivity contribution is 5.79. The van der Waals surface area contributed by atoms with E-state index in [1.165, 1.54) is 17.0 Å². The minimum atomic E-state index is -2.85. The molecule has 1 heterocycles. The zero-order valence-electron chi connectivity index (χ0n) is 14.4. The molecule has 1 aromatic carbocycles. The predicted octanol–water partition coefficient (Wildman–Crippen LogP) is 2.30. The lowest BCUT2D eigenvalue weighted by Gasteiger charge is -2.33. The van der Waals surface area contributed by atoms with E-state index in [-0.39, 0.29) is 23.6 Å². The van der Waals surface area contributed by atoms with E-state index in [4.69, 9.17) is 0 Å². The van der Waals surface area contributed by atoms with Crippen LogP contribution in [0.1, 0.15) is 18.4 Å². The Bertz CT molecular complexity index is 585. The van der Waals surface area contributed by atoms with Crippen molar-refractivity contribution < 1.29 is 23.1 Å². The lowest BCUT2D eigenvalue weighted by molar-refractivity contribution is -0.126. The molecule has 138 valence electrons. The number of ether oxygens (including phenoxy) is 1. The molecule has 3 amide bonds. The number of nitrogens with one attached hydrogen (secondary N) is 1. The summed E-state index contributed by atoms with van der Waals surface area (Å²) in [5, 5.41) is 2.85. The average molecular weight is 355 g/mol. The molecule has 8 heteroatoms. The summed E-state index contributed by atoms with van der Waals surface area (Å²) >= 11 is 0. The Hall–Kier alpha value is -2.38. The maximum absolute atomic E-state index is 12.2. The molecule has 0 unspecified atom stereocenters. The van der Waals surface area contributed by atoms with Gasteiger partial charge < -0.3 is 19.9 Å². The number of alkyl halides is 2. The monoisotopic (exact) mass is 355 g/mol. The fourth-order valence-electron chi connectivity index (χ4n) is 2.74. The van der Waals surface area contributed by atoms with Crippen molar-refractivity contribution in [2.24, 2.45) is 5.92 Å². The molecule has 0 spiro atoms. The number of benzene rings is 1. The highest BCUT2D eigenvalue weighted by atomic mass is 19.3. The number of amides is 3. The minimum absolute atomic E-state index is 0.0371. The van der Waals surface area contributed by atoms with Crippen molar-refractivity contribution in [3.05, 3.63) is 29.8 Å². The smallest absolute Gasteiger partial charge is 0.387 e. The van der Waals surface area contributed by atoms with E-state index in [0.717, 1.165) is 5.56 Å². The number of urea groups is 1. The van der Waals surface area contributed by atoms with Crippen molar-refractivity contribution >= 4 is 11.9 Å². The Morgan fingerprint density at radius 3 is 2.36 bits per heavy atom. The van der Waals surface area contributed by atoms with Crippen LogP contribution >= 0.6 is 0 Å². The summed E-state index contributed by atoms with van der Waals surface area (Å²) in [5.41, 5.74) is 0.801. The first-order valence-corrected chi connectivity index (χ1v) is 8.14. The third kappa shape index (κ3) is 5.58. The molecule has 6 nitrogen and oxygen atoms in total. The summed E-state index contributed by atoms with van der Waals surface area (Å²) in [7, 11) is 3.41. The van der Waals surface area contributed by atoms with Crippen molar-refractivity contribution in [3.8, 4) is 5.75 Å². The lowest BCUT2D eigenvalue weighted by atomic mass is 9.96. The van der Waals surface area contributed by atoms with Gasteiger partial charge in [-0.3, -0.25) is 4.79 Å². The zero-order valence-corrected chi connectivity index (χ0v) is 14.4. The number of carbonyl (C=O) groups is 2. The van der Waals surface area contributed by atoms with E-state index in [9.17, 15) is 18.4 Å². The topological polar surface area (TPSA) is 61.9 Å². The third-order valence-electron chi connectivity index (χ3n) is 4.13. The quantitative estimate of drug-likeness (QED) is 0.882. The van der Waals surface area contributed by atoms with E-state index >= 15 is 0 Å². The predicted molar refractivity (Wildman–Crippen MR) is 88.3 cm³/mol. The van der Waals surface area contributed by atoms with Gasteiger partial charge in [-0.25, -0.2) is 4.79 Å². The van der Waals surface area contributed by atoms with Crippen LogP contribution in [-0.2, 0) is 11.3 Å². The van der Waals surface area contributed by atoms with E-state index in [1.54, 1.807) is 31.1 Å². The normalized spacial score (nSPS) is 15.2. The molecule has 0 aromatic heterocycles. The third-order valence-corrected chi connectivity index (χ3v) is 4.13. The Morgan fingerprint density at radius 1 is 1.24 bits per heavy atom. The van der Waals surface area contributed by atoms with Gasteiger partial charge in [0.2, 0.25) is 5.91 Å². The summed E-state index contributed by atoms with van der Waals surface area (Å²) < 4.78 is 28.5. The van der Waals surface area contributed by atoms with Gasteiger partial charge >= 0.3 is 12.6 Å². The zero-order chi connectivity index (χ0) is 18.4. The number of rotatable bonds is 5. The van der Waals surface area contributed by atoms with Gasteiger partial charge in [-0.1, -0.05) is 12.1 Å². The molecule has 1 fully saturated rings. The van der Waals surface area contributed by atoms with Gasteiger partial charge in [0.15, 0.2) is 0 Å². The van der Waals surface area contributed by atoms with Crippen molar-refractivity contribution in [1.29, 1.82) is 0 Å². The summed E-state index contributed by atoms with van der Waals surface area (Å²) in [5.74, 6) is -0.0829. The van der Waals surface area contributed by atoms with Gasteiger partial charge in [-0.15, -0.1) is 0 Å². The van der Waals surface area contributed by atoms with Crippen LogP contribution in [0.3, 0.4) is 0 Å². The highest BCUT2D eigenvalue weighted by Gasteiger charge is 2.27. The molecule has 0 atom stereocenters. The molecule has 1 aromatic rings. The van der Waals surface area contributed by atoms with Gasteiger partial charge in [-0.05, 0) is 30.5 Å². The van der Waals surface area contributed by atoms with Crippen LogP contribution in [-0.4, -0.2) is 55.5 Å². The molecule has 1 saturated heterocycles. The molecular weight excluding hydrogens is 332 g/mol. The van der Waals surface area contributed by atoms with Crippen molar-refractivity contribution in [1.82, 2.24) is 15.1 Å². The maximum atomic E-state index is 12.2. The highest BCUT2D eigenvalue weighted by Crippen LogP contribution is 2.19. The first kappa shape index (κ1) is 19.0. The van der Waals surface area contributed by atoms with Crippen molar-refractivity contribution in [3.63, 3.8) is 0 Å². The van der Waals surface area contributed by atoms with E-state index in [0.29, 0.717) is 32.5 Å². The van der Waals surface area contributed by atoms with Crippen molar-refractivity contribution in [2.75, 3.05) is 27.2 Å². The average Bonchev–Trinajstić information content (AvgIpc) is 2.59. The number of hydrogen-bond acceptors (Lipinski definition) is 3. The van der Waals surface area contributed by atoms with Crippen LogP contribution in [0, 0.1) is 5.92 Å². The summed E-state index contributed by atoms with van der Waals surface area (Å²) in [6, 6.07) is 6.12. The van der Waals surface area contributed by atoms with Crippen LogP contribution in [0.5, 0.6) is 5.75 Å². The van der Waals surface area contributed by atoms with Crippen LogP contribution < -0.4 is 10.1 Å². The van der Waals surface area contributed by atoms with E-state index in [1.807, 2.05) is 0 Å². The fourth-order valence-corrected chi connectivity index (χ4v) is 2.74. The first-order chi connectivity index (χ1) is 11.9. The largest absolute Gasteiger partial charge is 0.435 e. The van der Waals surface area contributed by atoms with Crippen LogP contribution in [0.25, 0.3) is 0 Å². The van der Waals surface area contributed by atoms with Crippen molar-refractivity contribution in [2.45, 2.75) is 26.0 Å². The Morgan fingerprint density at radius 2 is 1.84 bits per heavy atom. The Balaban J connectivity index is 1.76. The molecule has 25 heavy (non-hydrogen) atoms. The van der Waals surface area contributed by atoms with Gasteiger partial charge in [-0.2, -0.15) is 8.78 Å². The molecule has 1 aliphatic heterocycles. The number of hydrogen-bond donors (Lipinski definition) is 1. The van der Waals surface area contributed by atoms with E-state index in [2.05, 4.69) is 10.1 Å². The second kappa shape index (κ2) is 8.64. The number of nitrogens with zero attached hydrogens (tertiary/aromatic N) is 2. The first-order valence-electron chi connectivity index (χ1n) is 8.14. The Kier molecular flexibility index (Phi) is 6.55. The van der Waals surface area contributed by atoms with Gasteiger partial charge in [0.05, 0.1) is 0 Å². The summed E-state index contributed by atoms with van der Waals surface area (Å²) in [6.07, 6.45) is 1.26. The lowest BCUT2D eigenvalue weighted by Crippen LogP contribution is -2.46. The van der Waals surface area contributed by atoms with Crippen LogP contribution in [0.2, 0.25) is 0 Å². The second-order valence-electron chi connectivity index (χ2n) is 6.18. The fraction of sp³-hybridized carbons (Fsp3) is 0.529. The van der Waals surface area contributed by atoms with Crippen LogP contribution in [0.4, 0.5) is 13.6 Å². The molecule has 0 aliphatic carbocycles. The Labute approximate surface area is 145 Å².